The fraction of sp³-hybridized carbons (Fsp3) is 0.474. The zero-order valence-electron chi connectivity index (χ0n) is 15.5. The SMILES string of the molecule is CN=C(NCc1nccn1C(F)F)NC1CCN(Cc2ccccc2)CC1. The highest BCUT2D eigenvalue weighted by Gasteiger charge is 2.20. The van der Waals surface area contributed by atoms with E-state index in [0.717, 1.165) is 37.0 Å². The fourth-order valence-electron chi connectivity index (χ4n) is 3.29. The standard InChI is InChI=1S/C19H26F2N6/c1-22-19(24-13-17-23-9-12-27(17)18(20)21)25-16-7-10-26(11-8-16)14-15-5-3-2-4-6-15/h2-6,9,12,16,18H,7-8,10-11,13-14H2,1H3,(H2,22,24,25). The number of aliphatic imine (C=N–C) groups is 1. The number of hydrogen-bond donors (Lipinski definition) is 2. The van der Waals surface area contributed by atoms with E-state index in [2.05, 4.69) is 49.8 Å². The van der Waals surface area contributed by atoms with Gasteiger partial charge in [0.05, 0.1) is 6.54 Å². The first-order chi connectivity index (χ1) is 13.2. The molecule has 0 unspecified atom stereocenters. The Balaban J connectivity index is 1.44. The Hall–Kier alpha value is -2.48. The van der Waals surface area contributed by atoms with E-state index >= 15 is 0 Å². The molecule has 27 heavy (non-hydrogen) atoms. The Morgan fingerprint density at radius 3 is 2.67 bits per heavy atom. The molecular formula is C19H26F2N6. The van der Waals surface area contributed by atoms with Crippen LogP contribution in [-0.4, -0.2) is 46.6 Å². The minimum absolute atomic E-state index is 0.198. The van der Waals surface area contributed by atoms with Crippen molar-refractivity contribution in [3.05, 3.63) is 54.1 Å². The molecule has 1 fully saturated rings. The first-order valence-corrected chi connectivity index (χ1v) is 9.19. The van der Waals surface area contributed by atoms with E-state index in [9.17, 15) is 8.78 Å². The van der Waals surface area contributed by atoms with E-state index in [1.807, 2.05) is 6.07 Å². The molecule has 146 valence electrons. The number of aromatic nitrogens is 2. The van der Waals surface area contributed by atoms with Crippen molar-refractivity contribution in [2.45, 2.75) is 38.5 Å². The Morgan fingerprint density at radius 2 is 2.00 bits per heavy atom. The summed E-state index contributed by atoms with van der Waals surface area (Å²) >= 11 is 0. The van der Waals surface area contributed by atoms with Crippen LogP contribution in [-0.2, 0) is 13.1 Å². The van der Waals surface area contributed by atoms with Gasteiger partial charge in [0.1, 0.15) is 5.82 Å². The van der Waals surface area contributed by atoms with Gasteiger partial charge in [0.15, 0.2) is 5.96 Å². The summed E-state index contributed by atoms with van der Waals surface area (Å²) in [5.74, 6) is 0.894. The van der Waals surface area contributed by atoms with E-state index in [0.29, 0.717) is 12.0 Å². The summed E-state index contributed by atoms with van der Waals surface area (Å²) in [6.07, 6.45) is 4.68. The molecule has 0 atom stereocenters. The van der Waals surface area contributed by atoms with Crippen molar-refractivity contribution < 1.29 is 8.78 Å². The lowest BCUT2D eigenvalue weighted by Gasteiger charge is -2.33. The third-order valence-corrected chi connectivity index (χ3v) is 4.77. The molecule has 1 aliphatic heterocycles. The highest BCUT2D eigenvalue weighted by atomic mass is 19.3. The number of alkyl halides is 2. The highest BCUT2D eigenvalue weighted by molar-refractivity contribution is 5.79. The van der Waals surface area contributed by atoms with E-state index < -0.39 is 6.55 Å². The normalized spacial score (nSPS) is 16.7. The molecule has 2 N–H and O–H groups in total. The average molecular weight is 376 g/mol. The second kappa shape index (κ2) is 9.45. The number of guanidine groups is 1. The van der Waals surface area contributed by atoms with Crippen LogP contribution in [0.3, 0.4) is 0 Å². The van der Waals surface area contributed by atoms with Gasteiger partial charge in [-0.05, 0) is 18.4 Å². The zero-order valence-corrected chi connectivity index (χ0v) is 15.5. The van der Waals surface area contributed by atoms with Crippen LogP contribution in [0.1, 0.15) is 30.8 Å². The number of likely N-dealkylation sites (tertiary alicyclic amines) is 1. The van der Waals surface area contributed by atoms with Crippen molar-refractivity contribution in [2.24, 2.45) is 4.99 Å². The third kappa shape index (κ3) is 5.50. The van der Waals surface area contributed by atoms with Crippen molar-refractivity contribution in [3.8, 4) is 0 Å². The number of benzene rings is 1. The number of rotatable bonds is 6. The summed E-state index contributed by atoms with van der Waals surface area (Å²) in [7, 11) is 1.68. The summed E-state index contributed by atoms with van der Waals surface area (Å²) in [4.78, 5) is 10.6. The van der Waals surface area contributed by atoms with Crippen LogP contribution >= 0.6 is 0 Å². The van der Waals surface area contributed by atoms with Crippen molar-refractivity contribution in [1.82, 2.24) is 25.1 Å². The maximum absolute atomic E-state index is 12.9. The predicted octanol–water partition coefficient (Wildman–Crippen LogP) is 2.61. The average Bonchev–Trinajstić information content (AvgIpc) is 3.16. The van der Waals surface area contributed by atoms with Crippen LogP contribution in [0.15, 0.2) is 47.7 Å². The molecule has 1 aliphatic rings. The smallest absolute Gasteiger partial charge is 0.319 e. The molecule has 1 aromatic carbocycles. The molecule has 1 saturated heterocycles. The molecule has 0 amide bonds. The van der Waals surface area contributed by atoms with E-state index in [-0.39, 0.29) is 12.4 Å². The number of imidazole rings is 1. The molecule has 0 saturated carbocycles. The third-order valence-electron chi connectivity index (χ3n) is 4.77. The van der Waals surface area contributed by atoms with Crippen LogP contribution in [0.5, 0.6) is 0 Å². The quantitative estimate of drug-likeness (QED) is 0.601. The molecule has 0 aliphatic carbocycles. The zero-order chi connectivity index (χ0) is 19.1. The highest BCUT2D eigenvalue weighted by Crippen LogP contribution is 2.14. The summed E-state index contributed by atoms with van der Waals surface area (Å²) in [5, 5.41) is 6.46. The van der Waals surface area contributed by atoms with E-state index in [4.69, 9.17) is 0 Å². The van der Waals surface area contributed by atoms with Gasteiger partial charge in [-0.1, -0.05) is 30.3 Å². The summed E-state index contributed by atoms with van der Waals surface area (Å²) in [5.41, 5.74) is 1.33. The predicted molar refractivity (Wildman–Crippen MR) is 102 cm³/mol. The van der Waals surface area contributed by atoms with Crippen molar-refractivity contribution >= 4 is 5.96 Å². The Labute approximate surface area is 158 Å². The van der Waals surface area contributed by atoms with Crippen LogP contribution in [0.4, 0.5) is 8.78 Å². The lowest BCUT2D eigenvalue weighted by Crippen LogP contribution is -2.48. The van der Waals surface area contributed by atoms with Crippen LogP contribution in [0, 0.1) is 0 Å². The Morgan fingerprint density at radius 1 is 1.26 bits per heavy atom. The van der Waals surface area contributed by atoms with Crippen LogP contribution < -0.4 is 10.6 Å². The van der Waals surface area contributed by atoms with Crippen molar-refractivity contribution in [3.63, 3.8) is 0 Å². The van der Waals surface area contributed by atoms with E-state index in [1.165, 1.54) is 18.0 Å². The number of nitrogens with one attached hydrogen (secondary N) is 2. The number of piperidine rings is 1. The van der Waals surface area contributed by atoms with Crippen LogP contribution in [0.25, 0.3) is 0 Å². The molecule has 3 rings (SSSR count). The molecule has 6 nitrogen and oxygen atoms in total. The molecule has 0 bridgehead atoms. The molecule has 1 aromatic heterocycles. The number of nitrogens with zero attached hydrogens (tertiary/aromatic N) is 4. The van der Waals surface area contributed by atoms with E-state index in [1.54, 1.807) is 7.05 Å². The maximum Gasteiger partial charge on any atom is 0.319 e. The van der Waals surface area contributed by atoms with Crippen molar-refractivity contribution in [2.75, 3.05) is 20.1 Å². The Bertz CT molecular complexity index is 723. The first-order valence-electron chi connectivity index (χ1n) is 9.19. The van der Waals surface area contributed by atoms with Gasteiger partial charge in [-0.25, -0.2) is 4.98 Å². The Kier molecular flexibility index (Phi) is 6.75. The van der Waals surface area contributed by atoms with Gasteiger partial charge in [-0.2, -0.15) is 8.78 Å². The number of hydrogen-bond acceptors (Lipinski definition) is 3. The summed E-state index contributed by atoms with van der Waals surface area (Å²) in [6, 6.07) is 10.8. The fourth-order valence-corrected chi connectivity index (χ4v) is 3.29. The second-order valence-electron chi connectivity index (χ2n) is 6.63. The van der Waals surface area contributed by atoms with Crippen LogP contribution in [0.2, 0.25) is 0 Å². The van der Waals surface area contributed by atoms with Gasteiger partial charge < -0.3 is 10.6 Å². The molecule has 0 radical (unpaired) electrons. The topological polar surface area (TPSA) is 57.5 Å². The maximum atomic E-state index is 12.9. The van der Waals surface area contributed by atoms with Gasteiger partial charge >= 0.3 is 6.55 Å². The van der Waals surface area contributed by atoms with Gasteiger partial charge in [-0.3, -0.25) is 14.5 Å². The summed E-state index contributed by atoms with van der Waals surface area (Å²) in [6.45, 7) is 0.604. The lowest BCUT2D eigenvalue weighted by atomic mass is 10.0. The number of halogens is 2. The minimum Gasteiger partial charge on any atom is -0.354 e. The molecule has 0 spiro atoms. The van der Waals surface area contributed by atoms with Gasteiger partial charge in [0.25, 0.3) is 0 Å². The monoisotopic (exact) mass is 376 g/mol. The largest absolute Gasteiger partial charge is 0.354 e. The molecular weight excluding hydrogens is 350 g/mol. The van der Waals surface area contributed by atoms with Gasteiger partial charge in [0.2, 0.25) is 0 Å². The molecule has 8 heteroatoms. The summed E-state index contributed by atoms with van der Waals surface area (Å²) < 4.78 is 26.6. The van der Waals surface area contributed by atoms with Crippen molar-refractivity contribution in [1.29, 1.82) is 0 Å². The lowest BCUT2D eigenvalue weighted by molar-refractivity contribution is 0.0668. The minimum atomic E-state index is -2.59. The molecule has 2 heterocycles. The van der Waals surface area contributed by atoms with Gasteiger partial charge in [0, 0.05) is 45.1 Å². The second-order valence-corrected chi connectivity index (χ2v) is 6.63. The van der Waals surface area contributed by atoms with Gasteiger partial charge in [-0.15, -0.1) is 0 Å². The first kappa shape index (κ1) is 19.3. The molecule has 2 aromatic rings.